The van der Waals surface area contributed by atoms with Gasteiger partial charge in [-0.2, -0.15) is 0 Å². The van der Waals surface area contributed by atoms with Gasteiger partial charge in [0.15, 0.2) is 5.78 Å². The highest BCUT2D eigenvalue weighted by molar-refractivity contribution is 9.10. The van der Waals surface area contributed by atoms with E-state index in [2.05, 4.69) is 21.2 Å². The summed E-state index contributed by atoms with van der Waals surface area (Å²) in [5, 5.41) is 12.6. The van der Waals surface area contributed by atoms with Gasteiger partial charge in [-0.3, -0.25) is 14.4 Å². The zero-order chi connectivity index (χ0) is 29.8. The number of hydrogen-bond acceptors (Lipinski definition) is 4. The molecule has 5 aromatic rings. The van der Waals surface area contributed by atoms with Gasteiger partial charge in [0, 0.05) is 34.6 Å². The van der Waals surface area contributed by atoms with Crippen molar-refractivity contribution in [2.45, 2.75) is 25.9 Å². The largest absolute Gasteiger partial charge is 0.477 e. The highest BCUT2D eigenvalue weighted by Crippen LogP contribution is 2.21. The van der Waals surface area contributed by atoms with Crippen molar-refractivity contribution in [2.75, 3.05) is 0 Å². The molecule has 0 saturated carbocycles. The van der Waals surface area contributed by atoms with Gasteiger partial charge in [0.25, 0.3) is 5.91 Å². The van der Waals surface area contributed by atoms with Crippen LogP contribution in [0, 0.1) is 0 Å². The van der Waals surface area contributed by atoms with Gasteiger partial charge in [-0.05, 0) is 65.6 Å². The van der Waals surface area contributed by atoms with E-state index in [1.165, 1.54) is 6.20 Å². The van der Waals surface area contributed by atoms with Gasteiger partial charge in [-0.1, -0.05) is 76.6 Å². The molecule has 1 aromatic heterocycles. The number of fused-ring (bicyclic) bond motifs is 1. The SMILES string of the molecule is C[C@H](NC(=O)c1ccc(-c2ccccc2)cc1)C(=O)Cc1ccc2c(c1)c(=O)c(C(=O)O)cn2Cc1cccc(Br)c1. The fourth-order valence-corrected chi connectivity index (χ4v) is 5.28. The Labute approximate surface area is 250 Å². The summed E-state index contributed by atoms with van der Waals surface area (Å²) >= 11 is 3.45. The molecule has 0 bridgehead atoms. The average Bonchev–Trinajstić information content (AvgIpc) is 2.99. The Kier molecular flexibility index (Phi) is 8.45. The normalized spacial score (nSPS) is 11.7. The molecular formula is C34H27BrN2O5. The topological polar surface area (TPSA) is 105 Å². The third kappa shape index (κ3) is 6.39. The molecule has 0 aliphatic heterocycles. The number of aromatic carboxylic acids is 1. The molecule has 0 unspecified atom stereocenters. The monoisotopic (exact) mass is 622 g/mol. The third-order valence-electron chi connectivity index (χ3n) is 7.08. The lowest BCUT2D eigenvalue weighted by Crippen LogP contribution is -2.39. The molecule has 0 aliphatic rings. The minimum atomic E-state index is -1.32. The molecular weight excluding hydrogens is 596 g/mol. The van der Waals surface area contributed by atoms with Crippen molar-refractivity contribution < 1.29 is 19.5 Å². The number of hydrogen-bond donors (Lipinski definition) is 2. The molecule has 0 fully saturated rings. The van der Waals surface area contributed by atoms with Gasteiger partial charge in [0.2, 0.25) is 5.43 Å². The van der Waals surface area contributed by atoms with E-state index in [9.17, 15) is 24.3 Å². The number of Topliss-reactive ketones (excluding diaryl/α,β-unsaturated/α-hetero) is 1. The fourth-order valence-electron chi connectivity index (χ4n) is 4.83. The van der Waals surface area contributed by atoms with Crippen molar-refractivity contribution in [2.24, 2.45) is 0 Å². The Morgan fingerprint density at radius 1 is 0.857 bits per heavy atom. The van der Waals surface area contributed by atoms with Gasteiger partial charge < -0.3 is 15.0 Å². The molecule has 1 amide bonds. The van der Waals surface area contributed by atoms with Crippen LogP contribution in [0.4, 0.5) is 0 Å². The number of carboxylic acids is 1. The molecule has 42 heavy (non-hydrogen) atoms. The van der Waals surface area contributed by atoms with Crippen LogP contribution in [-0.2, 0) is 17.8 Å². The molecule has 0 saturated heterocycles. The second-order valence-electron chi connectivity index (χ2n) is 10.1. The molecule has 0 radical (unpaired) electrons. The molecule has 1 heterocycles. The minimum absolute atomic E-state index is 0.0350. The predicted octanol–water partition coefficient (Wildman–Crippen LogP) is 6.11. The van der Waals surface area contributed by atoms with Crippen LogP contribution in [0.3, 0.4) is 0 Å². The van der Waals surface area contributed by atoms with E-state index < -0.39 is 17.4 Å². The minimum Gasteiger partial charge on any atom is -0.477 e. The van der Waals surface area contributed by atoms with E-state index in [4.69, 9.17) is 0 Å². The molecule has 0 aliphatic carbocycles. The Balaban J connectivity index is 1.33. The van der Waals surface area contributed by atoms with Crippen LogP contribution in [0.5, 0.6) is 0 Å². The molecule has 5 rings (SSSR count). The number of nitrogens with zero attached hydrogens (tertiary/aromatic N) is 1. The van der Waals surface area contributed by atoms with Crippen molar-refractivity contribution in [1.29, 1.82) is 0 Å². The predicted molar refractivity (Wildman–Crippen MR) is 166 cm³/mol. The fraction of sp³-hybridized carbons (Fsp3) is 0.118. The van der Waals surface area contributed by atoms with Crippen LogP contribution in [0.15, 0.2) is 113 Å². The number of rotatable bonds is 9. The summed E-state index contributed by atoms with van der Waals surface area (Å²) in [6.45, 7) is 1.97. The summed E-state index contributed by atoms with van der Waals surface area (Å²) in [5.41, 5.74) is 3.53. The average molecular weight is 624 g/mol. The molecule has 1 atom stereocenters. The summed E-state index contributed by atoms with van der Waals surface area (Å²) in [4.78, 5) is 50.8. The van der Waals surface area contributed by atoms with Crippen molar-refractivity contribution >= 4 is 44.5 Å². The van der Waals surface area contributed by atoms with Crippen molar-refractivity contribution in [3.05, 3.63) is 140 Å². The molecule has 2 N–H and O–H groups in total. The first-order valence-electron chi connectivity index (χ1n) is 13.3. The first-order chi connectivity index (χ1) is 20.2. The maximum absolute atomic E-state index is 13.1. The van der Waals surface area contributed by atoms with E-state index in [-0.39, 0.29) is 29.1 Å². The Bertz CT molecular complexity index is 1860. The first kappa shape index (κ1) is 28.7. The van der Waals surface area contributed by atoms with Crippen molar-refractivity contribution in [3.8, 4) is 11.1 Å². The van der Waals surface area contributed by atoms with Crippen molar-refractivity contribution in [3.63, 3.8) is 0 Å². The molecule has 7 nitrogen and oxygen atoms in total. The molecule has 210 valence electrons. The molecule has 8 heteroatoms. The van der Waals surface area contributed by atoms with Crippen LogP contribution in [0.2, 0.25) is 0 Å². The Morgan fingerprint density at radius 3 is 2.26 bits per heavy atom. The van der Waals surface area contributed by atoms with Crippen LogP contribution < -0.4 is 10.7 Å². The zero-order valence-electron chi connectivity index (χ0n) is 22.7. The number of nitrogens with one attached hydrogen (secondary N) is 1. The van der Waals surface area contributed by atoms with Gasteiger partial charge in [-0.15, -0.1) is 0 Å². The van der Waals surface area contributed by atoms with E-state index >= 15 is 0 Å². The van der Waals surface area contributed by atoms with E-state index in [1.807, 2.05) is 66.7 Å². The van der Waals surface area contributed by atoms with Crippen molar-refractivity contribution in [1.82, 2.24) is 9.88 Å². The van der Waals surface area contributed by atoms with Gasteiger partial charge in [0.05, 0.1) is 11.6 Å². The third-order valence-corrected chi connectivity index (χ3v) is 7.57. The zero-order valence-corrected chi connectivity index (χ0v) is 24.3. The van der Waals surface area contributed by atoms with Crippen LogP contribution in [-0.4, -0.2) is 33.4 Å². The number of pyridine rings is 1. The number of carbonyl (C=O) groups excluding carboxylic acids is 2. The van der Waals surface area contributed by atoms with Crippen LogP contribution >= 0.6 is 15.9 Å². The van der Waals surface area contributed by atoms with E-state index in [0.717, 1.165) is 21.2 Å². The highest BCUT2D eigenvalue weighted by Gasteiger charge is 2.19. The lowest BCUT2D eigenvalue weighted by Gasteiger charge is -2.15. The summed E-state index contributed by atoms with van der Waals surface area (Å²) in [6.07, 6.45) is 1.31. The number of ketones is 1. The number of halogens is 1. The second kappa shape index (κ2) is 12.4. The number of aromatic nitrogens is 1. The van der Waals surface area contributed by atoms with E-state index in [1.54, 1.807) is 41.8 Å². The van der Waals surface area contributed by atoms with Crippen LogP contribution in [0.25, 0.3) is 22.0 Å². The van der Waals surface area contributed by atoms with E-state index in [0.29, 0.717) is 23.2 Å². The lowest BCUT2D eigenvalue weighted by atomic mass is 10.0. The second-order valence-corrected chi connectivity index (χ2v) is 11.0. The summed E-state index contributed by atoms with van der Waals surface area (Å²) in [7, 11) is 0. The van der Waals surface area contributed by atoms with Gasteiger partial charge in [-0.25, -0.2) is 4.79 Å². The summed E-state index contributed by atoms with van der Waals surface area (Å²) in [6, 6.07) is 28.8. The maximum Gasteiger partial charge on any atom is 0.341 e. The smallest absolute Gasteiger partial charge is 0.341 e. The van der Waals surface area contributed by atoms with Crippen LogP contribution in [0.1, 0.15) is 38.8 Å². The van der Waals surface area contributed by atoms with Gasteiger partial charge in [0.1, 0.15) is 5.56 Å². The Hall–Kier alpha value is -4.82. The number of amides is 1. The summed E-state index contributed by atoms with van der Waals surface area (Å²) in [5.74, 6) is -1.93. The first-order valence-corrected chi connectivity index (χ1v) is 14.1. The lowest BCUT2D eigenvalue weighted by molar-refractivity contribution is -0.119. The molecule has 4 aromatic carbocycles. The van der Waals surface area contributed by atoms with Gasteiger partial charge >= 0.3 is 5.97 Å². The summed E-state index contributed by atoms with van der Waals surface area (Å²) < 4.78 is 2.61. The quantitative estimate of drug-likeness (QED) is 0.206. The number of carboxylic acid groups (broad SMARTS) is 1. The highest BCUT2D eigenvalue weighted by atomic mass is 79.9. The maximum atomic E-state index is 13.1. The number of carbonyl (C=O) groups is 3. The number of benzene rings is 4. The standard InChI is InChI=1S/C34H27BrN2O5/c1-21(36-33(40)26-13-11-25(12-14-26)24-7-3-2-4-8-24)31(38)18-22-10-15-30-28(17-22)32(39)29(34(41)42)20-37(30)19-23-6-5-9-27(35)16-23/h2-17,20-21H,18-19H2,1H3,(H,36,40)(H,41,42)/t21-/m0/s1. The molecule has 0 spiro atoms. The Morgan fingerprint density at radius 2 is 1.57 bits per heavy atom.